The standard InChI is InChI=1S/C19H31N3O5S/c1-13(2)10-21(15-7-9-28(26,27)12-15)16(23)11-22-17(24)19(20-18(22)25)8-5-4-6-14(19)3/h13-15H,4-12H2,1-3H3,(H,20,25). The van der Waals surface area contributed by atoms with Crippen molar-refractivity contribution >= 4 is 27.7 Å². The van der Waals surface area contributed by atoms with Crippen molar-refractivity contribution in [2.24, 2.45) is 11.8 Å². The van der Waals surface area contributed by atoms with E-state index in [1.807, 2.05) is 20.8 Å². The highest BCUT2D eigenvalue weighted by Gasteiger charge is 2.55. The summed E-state index contributed by atoms with van der Waals surface area (Å²) in [6.45, 7) is 5.95. The van der Waals surface area contributed by atoms with E-state index in [1.165, 1.54) is 0 Å². The Kier molecular flexibility index (Phi) is 5.76. The van der Waals surface area contributed by atoms with Crippen LogP contribution in [0.2, 0.25) is 0 Å². The van der Waals surface area contributed by atoms with Crippen LogP contribution in [0, 0.1) is 11.8 Å². The Morgan fingerprint density at radius 2 is 2.00 bits per heavy atom. The lowest BCUT2D eigenvalue weighted by Crippen LogP contribution is -2.54. The molecule has 158 valence electrons. The maximum absolute atomic E-state index is 13.1. The Morgan fingerprint density at radius 3 is 2.57 bits per heavy atom. The van der Waals surface area contributed by atoms with Crippen LogP contribution in [-0.2, 0) is 19.4 Å². The normalized spacial score (nSPS) is 32.2. The van der Waals surface area contributed by atoms with Crippen molar-refractivity contribution in [3.05, 3.63) is 0 Å². The average molecular weight is 414 g/mol. The second-order valence-corrected chi connectivity index (χ2v) is 11.2. The summed E-state index contributed by atoms with van der Waals surface area (Å²) in [7, 11) is -3.14. The number of rotatable bonds is 5. The smallest absolute Gasteiger partial charge is 0.325 e. The van der Waals surface area contributed by atoms with Crippen molar-refractivity contribution < 1.29 is 22.8 Å². The molecule has 1 aliphatic carbocycles. The first-order valence-electron chi connectivity index (χ1n) is 10.2. The molecular formula is C19H31N3O5S. The fraction of sp³-hybridized carbons (Fsp3) is 0.842. The Labute approximate surface area is 166 Å². The van der Waals surface area contributed by atoms with E-state index < -0.39 is 21.4 Å². The van der Waals surface area contributed by atoms with E-state index in [0.717, 1.165) is 24.2 Å². The molecule has 4 amide bonds. The highest BCUT2D eigenvalue weighted by Crippen LogP contribution is 2.38. The van der Waals surface area contributed by atoms with E-state index in [9.17, 15) is 22.8 Å². The van der Waals surface area contributed by atoms with Gasteiger partial charge in [-0.25, -0.2) is 13.2 Å². The van der Waals surface area contributed by atoms with Crippen LogP contribution in [0.25, 0.3) is 0 Å². The first-order chi connectivity index (χ1) is 13.1. The number of hydrogen-bond acceptors (Lipinski definition) is 5. The van der Waals surface area contributed by atoms with E-state index in [-0.39, 0.29) is 47.7 Å². The van der Waals surface area contributed by atoms with Gasteiger partial charge in [0.1, 0.15) is 12.1 Å². The zero-order valence-electron chi connectivity index (χ0n) is 16.9. The van der Waals surface area contributed by atoms with E-state index in [4.69, 9.17) is 0 Å². The quantitative estimate of drug-likeness (QED) is 0.681. The molecule has 3 atom stereocenters. The minimum absolute atomic E-state index is 0.0320. The minimum Gasteiger partial charge on any atom is -0.337 e. The predicted octanol–water partition coefficient (Wildman–Crippen LogP) is 1.16. The van der Waals surface area contributed by atoms with Gasteiger partial charge < -0.3 is 10.2 Å². The molecule has 3 rings (SSSR count). The van der Waals surface area contributed by atoms with Gasteiger partial charge in [0.05, 0.1) is 11.5 Å². The van der Waals surface area contributed by atoms with E-state index in [1.54, 1.807) is 4.90 Å². The van der Waals surface area contributed by atoms with Gasteiger partial charge in [0, 0.05) is 12.6 Å². The van der Waals surface area contributed by atoms with Gasteiger partial charge in [0.25, 0.3) is 5.91 Å². The van der Waals surface area contributed by atoms with E-state index in [2.05, 4.69) is 5.32 Å². The van der Waals surface area contributed by atoms with Gasteiger partial charge in [0.15, 0.2) is 9.84 Å². The molecule has 0 aromatic rings. The van der Waals surface area contributed by atoms with Gasteiger partial charge in [-0.3, -0.25) is 14.5 Å². The molecule has 1 N–H and O–H groups in total. The van der Waals surface area contributed by atoms with Crippen LogP contribution >= 0.6 is 0 Å². The summed E-state index contributed by atoms with van der Waals surface area (Å²) in [5.74, 6) is -0.471. The molecule has 2 aliphatic heterocycles. The third-order valence-corrected chi connectivity index (χ3v) is 8.08. The largest absolute Gasteiger partial charge is 0.337 e. The van der Waals surface area contributed by atoms with Crippen LogP contribution in [0.15, 0.2) is 0 Å². The van der Waals surface area contributed by atoms with Crippen LogP contribution in [0.3, 0.4) is 0 Å². The Hall–Kier alpha value is -1.64. The Morgan fingerprint density at radius 1 is 1.29 bits per heavy atom. The molecule has 3 unspecified atom stereocenters. The lowest BCUT2D eigenvalue weighted by Gasteiger charge is -2.37. The zero-order chi connectivity index (χ0) is 20.7. The highest BCUT2D eigenvalue weighted by atomic mass is 32.2. The van der Waals surface area contributed by atoms with Crippen LogP contribution in [0.5, 0.6) is 0 Å². The summed E-state index contributed by atoms with van der Waals surface area (Å²) >= 11 is 0. The van der Waals surface area contributed by atoms with Crippen LogP contribution < -0.4 is 5.32 Å². The van der Waals surface area contributed by atoms with Crippen LogP contribution in [-0.4, -0.2) is 72.2 Å². The van der Waals surface area contributed by atoms with Gasteiger partial charge in [-0.15, -0.1) is 0 Å². The zero-order valence-corrected chi connectivity index (χ0v) is 17.8. The summed E-state index contributed by atoms with van der Waals surface area (Å²) in [6.07, 6.45) is 3.77. The fourth-order valence-corrected chi connectivity index (χ4v) is 6.46. The number of imide groups is 1. The number of carbonyl (C=O) groups is 3. The third kappa shape index (κ3) is 3.90. The Balaban J connectivity index is 1.76. The van der Waals surface area contributed by atoms with Crippen LogP contribution in [0.1, 0.15) is 52.9 Å². The lowest BCUT2D eigenvalue weighted by molar-refractivity contribution is -0.141. The maximum atomic E-state index is 13.1. The molecule has 1 saturated carbocycles. The van der Waals surface area contributed by atoms with Crippen molar-refractivity contribution in [1.29, 1.82) is 0 Å². The first-order valence-corrected chi connectivity index (χ1v) is 12.0. The minimum atomic E-state index is -3.14. The summed E-state index contributed by atoms with van der Waals surface area (Å²) in [5, 5.41) is 2.86. The van der Waals surface area contributed by atoms with Gasteiger partial charge in [-0.2, -0.15) is 0 Å². The van der Waals surface area contributed by atoms with E-state index in [0.29, 0.717) is 19.4 Å². The van der Waals surface area contributed by atoms with Gasteiger partial charge in [-0.05, 0) is 31.1 Å². The van der Waals surface area contributed by atoms with Gasteiger partial charge in [0.2, 0.25) is 5.91 Å². The average Bonchev–Trinajstić information content (AvgIpc) is 3.08. The predicted molar refractivity (Wildman–Crippen MR) is 104 cm³/mol. The molecule has 0 radical (unpaired) electrons. The summed E-state index contributed by atoms with van der Waals surface area (Å²) in [5.41, 5.74) is -0.894. The summed E-state index contributed by atoms with van der Waals surface area (Å²) in [4.78, 5) is 41.2. The molecule has 8 nitrogen and oxygen atoms in total. The van der Waals surface area contributed by atoms with Crippen molar-refractivity contribution in [3.63, 3.8) is 0 Å². The number of amides is 4. The topological polar surface area (TPSA) is 104 Å². The SMILES string of the molecule is CC(C)CN(C(=O)CN1C(=O)NC2(CCCCC2C)C1=O)C1CCS(=O)(=O)C1. The highest BCUT2D eigenvalue weighted by molar-refractivity contribution is 7.91. The molecule has 2 saturated heterocycles. The monoisotopic (exact) mass is 413 g/mol. The number of nitrogens with one attached hydrogen (secondary N) is 1. The number of carbonyl (C=O) groups excluding carboxylic acids is 3. The molecule has 0 aromatic carbocycles. The fourth-order valence-electron chi connectivity index (χ4n) is 4.73. The number of hydrogen-bond donors (Lipinski definition) is 1. The molecule has 2 heterocycles. The molecule has 1 spiro atoms. The van der Waals surface area contributed by atoms with Crippen LogP contribution in [0.4, 0.5) is 4.79 Å². The van der Waals surface area contributed by atoms with E-state index >= 15 is 0 Å². The van der Waals surface area contributed by atoms with Gasteiger partial charge in [-0.1, -0.05) is 33.6 Å². The maximum Gasteiger partial charge on any atom is 0.325 e. The number of nitrogens with zero attached hydrogens (tertiary/aromatic N) is 2. The first kappa shape index (κ1) is 21.1. The third-order valence-electron chi connectivity index (χ3n) is 6.33. The number of urea groups is 1. The molecule has 28 heavy (non-hydrogen) atoms. The summed E-state index contributed by atoms with van der Waals surface area (Å²) in [6, 6.07) is -0.904. The van der Waals surface area contributed by atoms with Crippen molar-refractivity contribution in [2.45, 2.75) is 64.5 Å². The molecule has 3 aliphatic rings. The lowest BCUT2D eigenvalue weighted by atomic mass is 9.73. The Bertz CT molecular complexity index is 766. The molecule has 3 fully saturated rings. The molecule has 0 aromatic heterocycles. The second kappa shape index (κ2) is 7.65. The van der Waals surface area contributed by atoms with Crippen molar-refractivity contribution in [2.75, 3.05) is 24.6 Å². The molecule has 0 bridgehead atoms. The van der Waals surface area contributed by atoms with Crippen molar-refractivity contribution in [3.8, 4) is 0 Å². The molecular weight excluding hydrogens is 382 g/mol. The number of sulfone groups is 1. The van der Waals surface area contributed by atoms with Crippen molar-refractivity contribution in [1.82, 2.24) is 15.1 Å². The summed E-state index contributed by atoms with van der Waals surface area (Å²) < 4.78 is 23.7. The van der Waals surface area contributed by atoms with Gasteiger partial charge >= 0.3 is 6.03 Å². The second-order valence-electron chi connectivity index (χ2n) is 8.94. The molecule has 9 heteroatoms.